The lowest BCUT2D eigenvalue weighted by molar-refractivity contribution is 0.454. The van der Waals surface area contributed by atoms with Gasteiger partial charge in [-0.05, 0) is 36.6 Å². The maximum absolute atomic E-state index is 11.4. The molecule has 10 nitrogen and oxygen atoms in total. The summed E-state index contributed by atoms with van der Waals surface area (Å²) in [5.74, 6) is 0.558. The van der Waals surface area contributed by atoms with E-state index in [1.165, 1.54) is 0 Å². The minimum absolute atomic E-state index is 0.204. The van der Waals surface area contributed by atoms with Gasteiger partial charge in [0.1, 0.15) is 17.3 Å². The number of nitrogens with one attached hydrogen (secondary N) is 3. The lowest BCUT2D eigenvalue weighted by Gasteiger charge is -2.07. The van der Waals surface area contributed by atoms with E-state index in [-0.39, 0.29) is 23.4 Å². The molecule has 5 rings (SSSR count). The fourth-order valence-corrected chi connectivity index (χ4v) is 3.15. The van der Waals surface area contributed by atoms with Crippen LogP contribution in [0.15, 0.2) is 46.3 Å². The number of rotatable bonds is 5. The summed E-state index contributed by atoms with van der Waals surface area (Å²) in [4.78, 5) is 25.6. The average molecular weight is 405 g/mol. The van der Waals surface area contributed by atoms with Crippen LogP contribution in [-0.2, 0) is 6.54 Å². The van der Waals surface area contributed by atoms with E-state index in [2.05, 4.69) is 25.4 Å². The van der Waals surface area contributed by atoms with Crippen molar-refractivity contribution < 1.29 is 10.2 Å². The highest BCUT2D eigenvalue weighted by atomic mass is 16.3. The second-order valence-electron chi connectivity index (χ2n) is 7.20. The van der Waals surface area contributed by atoms with Crippen LogP contribution in [0.4, 0.5) is 5.82 Å². The Morgan fingerprint density at radius 3 is 2.87 bits per heavy atom. The van der Waals surface area contributed by atoms with Gasteiger partial charge in [0, 0.05) is 17.8 Å². The minimum atomic E-state index is -0.499. The van der Waals surface area contributed by atoms with E-state index in [1.54, 1.807) is 35.0 Å². The zero-order chi connectivity index (χ0) is 20.7. The molecule has 0 atom stereocenters. The van der Waals surface area contributed by atoms with Gasteiger partial charge >= 0.3 is 5.69 Å². The highest BCUT2D eigenvalue weighted by Gasteiger charge is 2.20. The van der Waals surface area contributed by atoms with Crippen LogP contribution in [0.1, 0.15) is 24.1 Å². The van der Waals surface area contributed by atoms with Gasteiger partial charge in [0.2, 0.25) is 5.88 Å². The van der Waals surface area contributed by atoms with Crippen LogP contribution in [0.3, 0.4) is 0 Å². The maximum Gasteiger partial charge on any atom is 0.326 e. The highest BCUT2D eigenvalue weighted by Crippen LogP contribution is 2.22. The normalized spacial score (nSPS) is 15.2. The molecule has 5 N–H and O–H groups in total. The number of hydrogen-bond donors (Lipinski definition) is 5. The third kappa shape index (κ3) is 3.62. The van der Waals surface area contributed by atoms with Crippen molar-refractivity contribution in [2.75, 3.05) is 5.32 Å². The van der Waals surface area contributed by atoms with Crippen LogP contribution in [0.2, 0.25) is 0 Å². The van der Waals surface area contributed by atoms with Gasteiger partial charge in [-0.25, -0.2) is 9.78 Å². The van der Waals surface area contributed by atoms with Crippen LogP contribution >= 0.6 is 0 Å². The molecule has 0 bridgehead atoms. The molecule has 0 amide bonds. The Morgan fingerprint density at radius 2 is 2.13 bits per heavy atom. The number of aromatic amines is 2. The van der Waals surface area contributed by atoms with Crippen LogP contribution in [0.25, 0.3) is 11.7 Å². The van der Waals surface area contributed by atoms with Crippen molar-refractivity contribution in [1.29, 1.82) is 0 Å². The summed E-state index contributed by atoms with van der Waals surface area (Å²) in [5, 5.41) is 27.8. The minimum Gasteiger partial charge on any atom is -0.508 e. The van der Waals surface area contributed by atoms with Gasteiger partial charge in [-0.15, -0.1) is 0 Å². The number of phenols is 1. The van der Waals surface area contributed by atoms with Crippen molar-refractivity contribution >= 4 is 17.5 Å². The number of imidazole rings is 1. The van der Waals surface area contributed by atoms with Crippen LogP contribution < -0.4 is 21.7 Å². The molecule has 1 aliphatic rings. The van der Waals surface area contributed by atoms with Gasteiger partial charge in [0.25, 0.3) is 0 Å². The standard InChI is InChI=1S/C20H19N7O3/c28-14-3-1-2-11(6-14)9-21-16-8-17(23-13-4-5-13)27-18(25-16)12(10-22-27)7-15-19(29)26-20(30)24-15/h1-3,6-8,10,13,21,28-29H,4-5,9H2,(H2,24,26,30). The molecule has 10 heteroatoms. The van der Waals surface area contributed by atoms with Crippen LogP contribution in [0.5, 0.6) is 11.6 Å². The average Bonchev–Trinajstić information content (AvgIpc) is 3.35. The van der Waals surface area contributed by atoms with E-state index in [0.29, 0.717) is 28.7 Å². The molecule has 4 aromatic rings. The van der Waals surface area contributed by atoms with Gasteiger partial charge in [0.15, 0.2) is 11.1 Å². The van der Waals surface area contributed by atoms with Crippen molar-refractivity contribution in [1.82, 2.24) is 24.6 Å². The van der Waals surface area contributed by atoms with Gasteiger partial charge < -0.3 is 20.5 Å². The second-order valence-corrected chi connectivity index (χ2v) is 7.20. The number of H-pyrrole nitrogens is 2. The quantitative estimate of drug-likeness (QED) is 0.325. The van der Waals surface area contributed by atoms with E-state index in [4.69, 9.17) is 4.99 Å². The molecule has 3 heterocycles. The van der Waals surface area contributed by atoms with Gasteiger partial charge in [-0.3, -0.25) is 9.98 Å². The van der Waals surface area contributed by atoms with Crippen molar-refractivity contribution in [3.05, 3.63) is 69.0 Å². The van der Waals surface area contributed by atoms with Crippen molar-refractivity contribution in [3.8, 4) is 11.6 Å². The zero-order valence-corrected chi connectivity index (χ0v) is 15.8. The van der Waals surface area contributed by atoms with Crippen molar-refractivity contribution in [3.63, 3.8) is 0 Å². The number of aromatic hydroxyl groups is 2. The maximum atomic E-state index is 11.4. The lowest BCUT2D eigenvalue weighted by Crippen LogP contribution is -2.20. The molecule has 1 fully saturated rings. The highest BCUT2D eigenvalue weighted by molar-refractivity contribution is 5.58. The molecule has 0 aliphatic heterocycles. The van der Waals surface area contributed by atoms with E-state index in [9.17, 15) is 15.0 Å². The Hall–Kier alpha value is -4.08. The Morgan fingerprint density at radius 1 is 1.27 bits per heavy atom. The predicted octanol–water partition coefficient (Wildman–Crippen LogP) is 0.380. The van der Waals surface area contributed by atoms with E-state index < -0.39 is 5.69 Å². The fourth-order valence-electron chi connectivity index (χ4n) is 3.15. The number of anilines is 1. The second kappa shape index (κ2) is 7.07. The molecule has 1 aromatic carbocycles. The van der Waals surface area contributed by atoms with Gasteiger partial charge in [0.05, 0.1) is 12.2 Å². The third-order valence-corrected chi connectivity index (χ3v) is 4.76. The van der Waals surface area contributed by atoms with Gasteiger partial charge in [-0.2, -0.15) is 9.61 Å². The Kier molecular flexibility index (Phi) is 4.24. The number of aromatic nitrogens is 5. The first-order chi connectivity index (χ1) is 14.5. The molecular weight excluding hydrogens is 386 g/mol. The molecule has 0 saturated heterocycles. The van der Waals surface area contributed by atoms with E-state index in [0.717, 1.165) is 18.4 Å². The Balaban J connectivity index is 1.59. The monoisotopic (exact) mass is 405 g/mol. The molecule has 30 heavy (non-hydrogen) atoms. The summed E-state index contributed by atoms with van der Waals surface area (Å²) in [6, 6.07) is 9.12. The molecular formula is C20H19N7O3. The molecule has 0 spiro atoms. The summed E-state index contributed by atoms with van der Waals surface area (Å²) < 4.78 is 1.64. The Bertz CT molecular complexity index is 1410. The number of fused-ring (bicyclic) bond motifs is 1. The predicted molar refractivity (Wildman–Crippen MR) is 109 cm³/mol. The summed E-state index contributed by atoms with van der Waals surface area (Å²) in [5.41, 5.74) is 1.87. The smallest absolute Gasteiger partial charge is 0.326 e. The number of phenolic OH excluding ortho intramolecular Hbond substituents is 1. The zero-order valence-electron chi connectivity index (χ0n) is 15.8. The summed E-state index contributed by atoms with van der Waals surface area (Å²) in [6.07, 6.45) is 5.31. The van der Waals surface area contributed by atoms with Crippen molar-refractivity contribution in [2.45, 2.75) is 25.4 Å². The van der Waals surface area contributed by atoms with Crippen LogP contribution in [-0.4, -0.2) is 40.8 Å². The number of nitrogens with zero attached hydrogens (tertiary/aromatic N) is 4. The van der Waals surface area contributed by atoms with E-state index in [1.807, 2.05) is 12.1 Å². The van der Waals surface area contributed by atoms with Crippen molar-refractivity contribution in [2.24, 2.45) is 4.99 Å². The molecule has 152 valence electrons. The molecule has 1 saturated carbocycles. The summed E-state index contributed by atoms with van der Waals surface area (Å²) in [7, 11) is 0. The lowest BCUT2D eigenvalue weighted by atomic mass is 10.2. The largest absolute Gasteiger partial charge is 0.508 e. The molecule has 0 unspecified atom stereocenters. The first-order valence-corrected chi connectivity index (χ1v) is 9.52. The number of benzene rings is 1. The topological polar surface area (TPSA) is 144 Å². The SMILES string of the molecule is O=c1[nH]c(O)c(C=c2cnn3c(=NC4CC4)cc(NCc4cccc(O)c4)nc23)[nH]1. The fraction of sp³-hybridized carbons (Fsp3) is 0.200. The molecule has 1 aliphatic carbocycles. The summed E-state index contributed by atoms with van der Waals surface area (Å²) in [6.45, 7) is 0.472. The number of hydrogen-bond acceptors (Lipinski definition) is 7. The first-order valence-electron chi connectivity index (χ1n) is 9.52. The molecule has 0 radical (unpaired) electrons. The molecule has 3 aromatic heterocycles. The Labute approximate surface area is 169 Å². The van der Waals surface area contributed by atoms with E-state index >= 15 is 0 Å². The first kappa shape index (κ1) is 18.0. The third-order valence-electron chi connectivity index (χ3n) is 4.76. The van der Waals surface area contributed by atoms with Crippen LogP contribution in [0, 0.1) is 0 Å². The summed E-state index contributed by atoms with van der Waals surface area (Å²) >= 11 is 0. The van der Waals surface area contributed by atoms with Gasteiger partial charge in [-0.1, -0.05) is 12.1 Å².